The standard InChI is InChI=1S/C9H13BrN4O3/c1-5(2)11-9(15)6(3)13-4-7(10)8(12-13)14(16)17/h4-6H,1-3H3,(H,11,15). The summed E-state index contributed by atoms with van der Waals surface area (Å²) in [6.07, 6.45) is 1.42. The molecule has 1 heterocycles. The predicted octanol–water partition coefficient (Wildman–Crippen LogP) is 1.64. The first kappa shape index (κ1) is 13.6. The number of carbonyl (C=O) groups excluding carboxylic acids is 1. The zero-order chi connectivity index (χ0) is 13.2. The van der Waals surface area contributed by atoms with Crippen molar-refractivity contribution in [1.29, 1.82) is 0 Å². The van der Waals surface area contributed by atoms with Crippen LogP contribution in [0.25, 0.3) is 0 Å². The van der Waals surface area contributed by atoms with Gasteiger partial charge in [-0.25, -0.2) is 0 Å². The number of rotatable bonds is 4. The largest absolute Gasteiger partial charge is 0.404 e. The van der Waals surface area contributed by atoms with Gasteiger partial charge in [-0.1, -0.05) is 0 Å². The minimum atomic E-state index is -0.604. The van der Waals surface area contributed by atoms with Gasteiger partial charge in [-0.3, -0.25) is 4.79 Å². The second-order valence-corrected chi connectivity index (χ2v) is 4.73. The van der Waals surface area contributed by atoms with E-state index in [1.165, 1.54) is 10.9 Å². The van der Waals surface area contributed by atoms with E-state index in [1.54, 1.807) is 6.92 Å². The number of halogens is 1. The Morgan fingerprint density at radius 1 is 1.59 bits per heavy atom. The molecule has 0 spiro atoms. The highest BCUT2D eigenvalue weighted by molar-refractivity contribution is 9.10. The summed E-state index contributed by atoms with van der Waals surface area (Å²) in [4.78, 5) is 21.7. The molecule has 1 unspecified atom stereocenters. The van der Waals surface area contributed by atoms with Crippen molar-refractivity contribution in [2.45, 2.75) is 32.9 Å². The Morgan fingerprint density at radius 3 is 2.59 bits per heavy atom. The maximum absolute atomic E-state index is 11.7. The molecule has 0 aromatic carbocycles. The van der Waals surface area contributed by atoms with Crippen molar-refractivity contribution in [3.63, 3.8) is 0 Å². The summed E-state index contributed by atoms with van der Waals surface area (Å²) < 4.78 is 1.52. The molecule has 1 rings (SSSR count). The molecule has 1 amide bonds. The molecule has 1 aromatic rings. The van der Waals surface area contributed by atoms with Crippen molar-refractivity contribution in [3.05, 3.63) is 20.8 Å². The van der Waals surface area contributed by atoms with Crippen molar-refractivity contribution >= 4 is 27.7 Å². The molecule has 0 aliphatic rings. The van der Waals surface area contributed by atoms with E-state index in [-0.39, 0.29) is 22.2 Å². The predicted molar refractivity (Wildman–Crippen MR) is 64.6 cm³/mol. The number of aromatic nitrogens is 2. The fourth-order valence-electron chi connectivity index (χ4n) is 1.21. The van der Waals surface area contributed by atoms with E-state index in [1.807, 2.05) is 13.8 Å². The highest BCUT2D eigenvalue weighted by Crippen LogP contribution is 2.24. The molecule has 0 bridgehead atoms. The molecule has 0 aliphatic carbocycles. The summed E-state index contributed by atoms with van der Waals surface area (Å²) >= 11 is 3.03. The van der Waals surface area contributed by atoms with E-state index in [0.29, 0.717) is 0 Å². The van der Waals surface area contributed by atoms with Crippen molar-refractivity contribution in [1.82, 2.24) is 15.1 Å². The lowest BCUT2D eigenvalue weighted by Crippen LogP contribution is -2.35. The number of hydrogen-bond donors (Lipinski definition) is 1. The van der Waals surface area contributed by atoms with Gasteiger partial charge in [-0.15, -0.1) is 0 Å². The van der Waals surface area contributed by atoms with Gasteiger partial charge in [0.2, 0.25) is 5.91 Å². The Kier molecular flexibility index (Phi) is 4.22. The molecule has 0 radical (unpaired) electrons. The summed E-state index contributed by atoms with van der Waals surface area (Å²) in [7, 11) is 0. The summed E-state index contributed by atoms with van der Waals surface area (Å²) in [6.45, 7) is 5.30. The maximum atomic E-state index is 11.7. The lowest BCUT2D eigenvalue weighted by atomic mass is 10.3. The molecule has 0 saturated heterocycles. The SMILES string of the molecule is CC(C)NC(=O)C(C)n1cc(Br)c([N+](=O)[O-])n1. The summed E-state index contributed by atoms with van der Waals surface area (Å²) in [5, 5.41) is 17.1. The normalized spacial score (nSPS) is 12.5. The average Bonchev–Trinajstić information content (AvgIpc) is 2.58. The molecule has 0 saturated carbocycles. The number of nitro groups is 1. The number of amides is 1. The Labute approximate surface area is 106 Å². The smallest absolute Gasteiger partial charge is 0.358 e. The van der Waals surface area contributed by atoms with Crippen LogP contribution in [0.15, 0.2) is 10.7 Å². The van der Waals surface area contributed by atoms with Gasteiger partial charge in [0.15, 0.2) is 0 Å². The van der Waals surface area contributed by atoms with Gasteiger partial charge in [0.05, 0.1) is 11.3 Å². The molecule has 1 aromatic heterocycles. The number of carbonyl (C=O) groups is 1. The summed E-state index contributed by atoms with van der Waals surface area (Å²) in [5.41, 5.74) is 0. The average molecular weight is 305 g/mol. The van der Waals surface area contributed by atoms with E-state index in [0.717, 1.165) is 0 Å². The summed E-state index contributed by atoms with van der Waals surface area (Å²) in [5.74, 6) is -0.529. The molecule has 1 atom stereocenters. The fraction of sp³-hybridized carbons (Fsp3) is 0.556. The molecule has 7 nitrogen and oxygen atoms in total. The fourth-order valence-corrected chi connectivity index (χ4v) is 1.64. The van der Waals surface area contributed by atoms with Gasteiger partial charge in [0, 0.05) is 6.04 Å². The first-order valence-corrected chi connectivity index (χ1v) is 5.81. The van der Waals surface area contributed by atoms with Crippen LogP contribution in [0.4, 0.5) is 5.82 Å². The third kappa shape index (κ3) is 3.26. The Morgan fingerprint density at radius 2 is 2.18 bits per heavy atom. The van der Waals surface area contributed by atoms with Gasteiger partial charge in [0.25, 0.3) is 0 Å². The molecular weight excluding hydrogens is 292 g/mol. The van der Waals surface area contributed by atoms with Crippen LogP contribution in [0, 0.1) is 10.1 Å². The van der Waals surface area contributed by atoms with Gasteiger partial charge >= 0.3 is 5.82 Å². The Balaban J connectivity index is 2.89. The molecule has 0 fully saturated rings. The van der Waals surface area contributed by atoms with Gasteiger partial charge < -0.3 is 15.4 Å². The van der Waals surface area contributed by atoms with Crippen LogP contribution in [0.5, 0.6) is 0 Å². The third-order valence-corrected chi connectivity index (χ3v) is 2.61. The van der Waals surface area contributed by atoms with Crippen LogP contribution in [-0.2, 0) is 4.79 Å². The molecule has 8 heteroatoms. The van der Waals surface area contributed by atoms with E-state index in [9.17, 15) is 14.9 Å². The first-order valence-electron chi connectivity index (χ1n) is 5.02. The second-order valence-electron chi connectivity index (χ2n) is 3.88. The Bertz CT molecular complexity index is 443. The van der Waals surface area contributed by atoms with Gasteiger partial charge in [-0.05, 0) is 41.6 Å². The first-order chi connectivity index (χ1) is 7.82. The van der Waals surface area contributed by atoms with Gasteiger partial charge in [0.1, 0.15) is 10.5 Å². The molecule has 94 valence electrons. The zero-order valence-corrected chi connectivity index (χ0v) is 11.3. The Hall–Kier alpha value is -1.44. The quantitative estimate of drug-likeness (QED) is 0.676. The van der Waals surface area contributed by atoms with Crippen molar-refractivity contribution in [2.75, 3.05) is 0 Å². The van der Waals surface area contributed by atoms with Crippen LogP contribution in [-0.4, -0.2) is 26.7 Å². The van der Waals surface area contributed by atoms with E-state index in [2.05, 4.69) is 26.3 Å². The second kappa shape index (κ2) is 5.26. The number of nitrogens with zero attached hydrogens (tertiary/aromatic N) is 3. The highest BCUT2D eigenvalue weighted by atomic mass is 79.9. The van der Waals surface area contributed by atoms with Crippen molar-refractivity contribution < 1.29 is 9.72 Å². The molecule has 17 heavy (non-hydrogen) atoms. The van der Waals surface area contributed by atoms with Crippen molar-refractivity contribution in [2.24, 2.45) is 0 Å². The lowest BCUT2D eigenvalue weighted by Gasteiger charge is -2.12. The third-order valence-electron chi connectivity index (χ3n) is 2.05. The number of nitrogens with one attached hydrogen (secondary N) is 1. The van der Waals surface area contributed by atoms with E-state index in [4.69, 9.17) is 0 Å². The van der Waals surface area contributed by atoms with Crippen LogP contribution in [0.1, 0.15) is 26.8 Å². The lowest BCUT2D eigenvalue weighted by molar-refractivity contribution is -0.390. The molecule has 1 N–H and O–H groups in total. The van der Waals surface area contributed by atoms with Crippen molar-refractivity contribution in [3.8, 4) is 0 Å². The maximum Gasteiger partial charge on any atom is 0.404 e. The van der Waals surface area contributed by atoms with Gasteiger partial charge in [-0.2, -0.15) is 4.68 Å². The van der Waals surface area contributed by atoms with Crippen LogP contribution >= 0.6 is 15.9 Å². The summed E-state index contributed by atoms with van der Waals surface area (Å²) in [6, 6.07) is -0.582. The van der Waals surface area contributed by atoms with Crippen LogP contribution in [0.3, 0.4) is 0 Å². The van der Waals surface area contributed by atoms with Crippen LogP contribution in [0.2, 0.25) is 0 Å². The van der Waals surface area contributed by atoms with Crippen LogP contribution < -0.4 is 5.32 Å². The van der Waals surface area contributed by atoms with E-state index < -0.39 is 11.0 Å². The highest BCUT2D eigenvalue weighted by Gasteiger charge is 2.25. The topological polar surface area (TPSA) is 90.1 Å². The molecule has 0 aliphatic heterocycles. The minimum absolute atomic E-state index is 0.0129. The zero-order valence-electron chi connectivity index (χ0n) is 9.68. The van der Waals surface area contributed by atoms with E-state index >= 15 is 0 Å². The molecular formula is C9H13BrN4O3. The monoisotopic (exact) mass is 304 g/mol. The minimum Gasteiger partial charge on any atom is -0.358 e. The number of hydrogen-bond acceptors (Lipinski definition) is 4.